The highest BCUT2D eigenvalue weighted by atomic mass is 19.1. The Labute approximate surface area is 176 Å². The van der Waals surface area contributed by atoms with Gasteiger partial charge in [-0.15, -0.1) is 0 Å². The fraction of sp³-hybridized carbons (Fsp3) is 0.231. The summed E-state index contributed by atoms with van der Waals surface area (Å²) >= 11 is 0. The molecule has 0 spiro atoms. The molecule has 3 aromatic rings. The Hall–Kier alpha value is -3.27. The molecule has 3 aromatic carbocycles. The van der Waals surface area contributed by atoms with Crippen molar-refractivity contribution in [2.45, 2.75) is 18.8 Å². The molecule has 5 rings (SSSR count). The van der Waals surface area contributed by atoms with Crippen molar-refractivity contribution in [3.05, 3.63) is 107 Å². The van der Waals surface area contributed by atoms with Crippen molar-refractivity contribution in [2.75, 3.05) is 13.1 Å². The van der Waals surface area contributed by atoms with Crippen molar-refractivity contribution in [3.8, 4) is 0 Å². The lowest BCUT2D eigenvalue weighted by atomic mass is 9.72. The highest BCUT2D eigenvalue weighted by Crippen LogP contribution is 2.41. The third-order valence-electron chi connectivity index (χ3n) is 6.03. The lowest BCUT2D eigenvalue weighted by Gasteiger charge is -2.34. The van der Waals surface area contributed by atoms with Crippen LogP contribution in [0.5, 0.6) is 0 Å². The summed E-state index contributed by atoms with van der Waals surface area (Å²) < 4.78 is 14.6. The summed E-state index contributed by atoms with van der Waals surface area (Å²) in [6.45, 7) is 1.48. The minimum Gasteiger partial charge on any atom is -0.354 e. The van der Waals surface area contributed by atoms with Gasteiger partial charge in [-0.25, -0.2) is 9.38 Å². The molecule has 1 aliphatic heterocycles. The molecule has 2 aliphatic rings. The zero-order chi connectivity index (χ0) is 20.3. The Morgan fingerprint density at radius 1 is 0.867 bits per heavy atom. The van der Waals surface area contributed by atoms with Gasteiger partial charge in [-0.1, -0.05) is 72.8 Å². The molecule has 0 saturated carbocycles. The lowest BCUT2D eigenvalue weighted by Crippen LogP contribution is -2.36. The Morgan fingerprint density at radius 3 is 2.43 bits per heavy atom. The molecule has 0 saturated heterocycles. The molecule has 150 valence electrons. The van der Waals surface area contributed by atoms with Crippen LogP contribution in [0, 0.1) is 11.7 Å². The van der Waals surface area contributed by atoms with E-state index in [0.29, 0.717) is 12.5 Å². The molecule has 0 amide bonds. The van der Waals surface area contributed by atoms with Gasteiger partial charge in [-0.2, -0.15) is 0 Å². The molecule has 1 heterocycles. The first kappa shape index (κ1) is 18.7. The number of rotatable bonds is 4. The van der Waals surface area contributed by atoms with Crippen LogP contribution in [0.3, 0.4) is 0 Å². The van der Waals surface area contributed by atoms with Gasteiger partial charge in [0.25, 0.3) is 0 Å². The summed E-state index contributed by atoms with van der Waals surface area (Å²) in [5.74, 6) is 0.815. The van der Waals surface area contributed by atoms with E-state index in [9.17, 15) is 4.39 Å². The maximum atomic E-state index is 14.6. The topological polar surface area (TPSA) is 36.8 Å². The lowest BCUT2D eigenvalue weighted by molar-refractivity contribution is 0.531. The number of nitrogens with one attached hydrogen (secondary N) is 1. The largest absolute Gasteiger partial charge is 0.354 e. The molecule has 0 bridgehead atoms. The Bertz CT molecular complexity index is 1100. The smallest absolute Gasteiger partial charge is 0.218 e. The van der Waals surface area contributed by atoms with Crippen LogP contribution in [0.15, 0.2) is 88.8 Å². The number of halogens is 1. The van der Waals surface area contributed by atoms with Crippen LogP contribution in [0.2, 0.25) is 0 Å². The van der Waals surface area contributed by atoms with E-state index in [1.807, 2.05) is 30.3 Å². The van der Waals surface area contributed by atoms with E-state index >= 15 is 0 Å². The van der Waals surface area contributed by atoms with E-state index < -0.39 is 0 Å². The van der Waals surface area contributed by atoms with Crippen molar-refractivity contribution >= 4 is 11.7 Å². The van der Waals surface area contributed by atoms with Crippen LogP contribution in [-0.4, -0.2) is 24.8 Å². The molecule has 0 fully saturated rings. The maximum Gasteiger partial charge on any atom is 0.218 e. The molecule has 1 N–H and O–H groups in total. The third kappa shape index (κ3) is 3.65. The van der Waals surface area contributed by atoms with Crippen molar-refractivity contribution in [1.82, 2.24) is 5.32 Å². The quantitative estimate of drug-likeness (QED) is 0.663. The molecular formula is C26H24FN3. The monoisotopic (exact) mass is 397 g/mol. The zero-order valence-corrected chi connectivity index (χ0v) is 16.8. The van der Waals surface area contributed by atoms with Crippen LogP contribution < -0.4 is 5.32 Å². The normalized spacial score (nSPS) is 19.9. The summed E-state index contributed by atoms with van der Waals surface area (Å²) in [6, 6.07) is 25.8. The highest BCUT2D eigenvalue weighted by molar-refractivity contribution is 6.11. The Balaban J connectivity index is 1.39. The van der Waals surface area contributed by atoms with Crippen LogP contribution in [-0.2, 0) is 6.42 Å². The average molecular weight is 397 g/mol. The number of benzene rings is 3. The van der Waals surface area contributed by atoms with Gasteiger partial charge >= 0.3 is 0 Å². The minimum atomic E-state index is -0.139. The first-order valence-electron chi connectivity index (χ1n) is 10.5. The van der Waals surface area contributed by atoms with Gasteiger partial charge in [0.05, 0.1) is 12.3 Å². The van der Waals surface area contributed by atoms with Crippen LogP contribution >= 0.6 is 0 Å². The first-order valence-corrected chi connectivity index (χ1v) is 10.5. The van der Waals surface area contributed by atoms with Crippen LogP contribution in [0.4, 0.5) is 4.39 Å². The molecule has 30 heavy (non-hydrogen) atoms. The van der Waals surface area contributed by atoms with Crippen molar-refractivity contribution in [3.63, 3.8) is 0 Å². The van der Waals surface area contributed by atoms with Gasteiger partial charge in [0, 0.05) is 23.9 Å². The Kier molecular flexibility index (Phi) is 5.14. The van der Waals surface area contributed by atoms with Crippen LogP contribution in [0.25, 0.3) is 0 Å². The summed E-state index contributed by atoms with van der Waals surface area (Å²) in [7, 11) is 0. The summed E-state index contributed by atoms with van der Waals surface area (Å²) in [5.41, 5.74) is 5.42. The number of hydrogen-bond donors (Lipinski definition) is 1. The van der Waals surface area contributed by atoms with E-state index in [-0.39, 0.29) is 17.7 Å². The molecule has 2 unspecified atom stereocenters. The molecule has 0 radical (unpaired) electrons. The number of aliphatic imine (C=N–C) groups is 2. The zero-order valence-electron chi connectivity index (χ0n) is 16.8. The first-order chi connectivity index (χ1) is 14.8. The molecule has 1 aliphatic carbocycles. The second-order valence-corrected chi connectivity index (χ2v) is 7.92. The fourth-order valence-corrected chi connectivity index (χ4v) is 4.55. The van der Waals surface area contributed by atoms with Crippen LogP contribution in [0.1, 0.15) is 34.6 Å². The van der Waals surface area contributed by atoms with E-state index in [1.54, 1.807) is 12.1 Å². The summed E-state index contributed by atoms with van der Waals surface area (Å²) in [5, 5.41) is 3.39. The third-order valence-corrected chi connectivity index (χ3v) is 6.03. The summed E-state index contributed by atoms with van der Waals surface area (Å²) in [4.78, 5) is 9.58. The van der Waals surface area contributed by atoms with Crippen molar-refractivity contribution < 1.29 is 4.39 Å². The molecular weight excluding hydrogens is 373 g/mol. The molecule has 3 nitrogen and oxygen atoms in total. The van der Waals surface area contributed by atoms with E-state index in [1.165, 1.54) is 5.56 Å². The van der Waals surface area contributed by atoms with Gasteiger partial charge in [0.15, 0.2) is 0 Å². The Morgan fingerprint density at radius 2 is 1.60 bits per heavy atom. The second kappa shape index (κ2) is 8.23. The molecule has 0 aromatic heterocycles. The van der Waals surface area contributed by atoms with Crippen molar-refractivity contribution in [1.29, 1.82) is 0 Å². The number of hydrogen-bond acceptors (Lipinski definition) is 3. The van der Waals surface area contributed by atoms with Gasteiger partial charge in [0.2, 0.25) is 5.96 Å². The second-order valence-electron chi connectivity index (χ2n) is 7.92. The van der Waals surface area contributed by atoms with Gasteiger partial charge in [-0.3, -0.25) is 4.99 Å². The molecule has 4 heteroatoms. The minimum absolute atomic E-state index is 0.0362. The number of fused-ring (bicyclic) bond motifs is 3. The molecule has 2 atom stereocenters. The van der Waals surface area contributed by atoms with Gasteiger partial charge in [-0.05, 0) is 35.6 Å². The average Bonchev–Trinajstić information content (AvgIpc) is 2.80. The predicted molar refractivity (Wildman–Crippen MR) is 120 cm³/mol. The standard InChI is InChI=1S/C26H24FN3/c27-24-13-7-6-11-21(24)23-16-19-17-29-26(28-15-14-18-8-2-1-3-9-18)30-25(19)22-12-5-4-10-20(22)23/h1-13,19,23H,14-17H2,(H,28,29). The van der Waals surface area contributed by atoms with Gasteiger partial charge in [0.1, 0.15) is 5.82 Å². The number of guanidine groups is 1. The van der Waals surface area contributed by atoms with E-state index in [2.05, 4.69) is 41.7 Å². The van der Waals surface area contributed by atoms with Crippen molar-refractivity contribution in [2.24, 2.45) is 15.9 Å². The maximum absolute atomic E-state index is 14.6. The summed E-state index contributed by atoms with van der Waals surface area (Å²) in [6.07, 6.45) is 1.76. The predicted octanol–water partition coefficient (Wildman–Crippen LogP) is 4.97. The SMILES string of the molecule is Fc1ccccc1C1CC2CN=C(NCCc3ccccc3)N=C2c2ccccc21. The highest BCUT2D eigenvalue weighted by Gasteiger charge is 2.35. The van der Waals surface area contributed by atoms with E-state index in [4.69, 9.17) is 9.98 Å². The number of nitrogens with zero attached hydrogens (tertiary/aromatic N) is 2. The van der Waals surface area contributed by atoms with E-state index in [0.717, 1.165) is 41.8 Å². The van der Waals surface area contributed by atoms with Gasteiger partial charge < -0.3 is 5.32 Å². The fourth-order valence-electron chi connectivity index (χ4n) is 4.55.